The van der Waals surface area contributed by atoms with Gasteiger partial charge in [0.1, 0.15) is 12.5 Å². The summed E-state index contributed by atoms with van der Waals surface area (Å²) in [4.78, 5) is 15.4. The first-order valence-corrected chi connectivity index (χ1v) is 8.71. The zero-order chi connectivity index (χ0) is 18.0. The largest absolute Gasteiger partial charge is 0.381 e. The lowest BCUT2D eigenvalue weighted by Gasteiger charge is -2.31. The van der Waals surface area contributed by atoms with Gasteiger partial charge in [-0.1, -0.05) is 12.1 Å². The quantitative estimate of drug-likeness (QED) is 0.856. The van der Waals surface area contributed by atoms with Crippen LogP contribution in [0.1, 0.15) is 28.8 Å². The van der Waals surface area contributed by atoms with Crippen molar-refractivity contribution in [2.75, 3.05) is 33.9 Å². The summed E-state index contributed by atoms with van der Waals surface area (Å²) in [6, 6.07) is 7.17. The summed E-state index contributed by atoms with van der Waals surface area (Å²) in [6.45, 7) is 2.10. The van der Waals surface area contributed by atoms with E-state index in [2.05, 4.69) is 0 Å². The molecule has 1 aromatic carbocycles. The smallest absolute Gasteiger partial charge is 0.253 e. The normalized spacial score (nSPS) is 25.0. The molecule has 6 nitrogen and oxygen atoms in total. The molecule has 2 aliphatic rings. The highest BCUT2D eigenvalue weighted by Crippen LogP contribution is 2.31. The van der Waals surface area contributed by atoms with Gasteiger partial charge in [0, 0.05) is 45.0 Å². The molecule has 2 atom stereocenters. The second kappa shape index (κ2) is 7.66. The van der Waals surface area contributed by atoms with Gasteiger partial charge in [0.2, 0.25) is 0 Å². The molecular formula is C19H26N2O4. The highest BCUT2D eigenvalue weighted by Gasteiger charge is 2.34. The van der Waals surface area contributed by atoms with Crippen LogP contribution < -0.4 is 0 Å². The molecule has 1 saturated heterocycles. The number of nitrogens with zero attached hydrogens (tertiary/aromatic N) is 2. The van der Waals surface area contributed by atoms with E-state index >= 15 is 0 Å². The number of amides is 1. The zero-order valence-electron chi connectivity index (χ0n) is 14.8. The van der Waals surface area contributed by atoms with E-state index in [0.717, 1.165) is 31.6 Å². The van der Waals surface area contributed by atoms with E-state index in [1.54, 1.807) is 43.3 Å². The maximum atomic E-state index is 12.2. The molecule has 0 spiro atoms. The molecule has 25 heavy (non-hydrogen) atoms. The minimum absolute atomic E-state index is 0.0884. The van der Waals surface area contributed by atoms with Crippen molar-refractivity contribution in [3.05, 3.63) is 41.5 Å². The minimum Gasteiger partial charge on any atom is -0.381 e. The molecule has 2 heterocycles. The van der Waals surface area contributed by atoms with Gasteiger partial charge in [-0.05, 0) is 42.5 Å². The Balaban J connectivity index is 1.75. The van der Waals surface area contributed by atoms with Crippen molar-refractivity contribution in [1.82, 2.24) is 9.80 Å². The standard InChI is InChI=1S/C19H26N2O4/c1-20(2)18(23)15-5-3-4-14(10-15)16-11-17(22)21(19(16)24)12-13-6-8-25-9-7-13/h3-5,10-11,13,17,19,22,24H,6-9,12H2,1-2H3. The molecule has 6 heteroatoms. The molecule has 0 bridgehead atoms. The Bertz CT molecular complexity index is 653. The number of hydrogen-bond donors (Lipinski definition) is 2. The molecule has 0 aliphatic carbocycles. The predicted octanol–water partition coefficient (Wildman–Crippen LogP) is 1.15. The average Bonchev–Trinajstić information content (AvgIpc) is 2.90. The Labute approximate surface area is 148 Å². The second-order valence-electron chi connectivity index (χ2n) is 6.94. The lowest BCUT2D eigenvalue weighted by Crippen LogP contribution is -2.42. The molecule has 0 radical (unpaired) electrons. The fraction of sp³-hybridized carbons (Fsp3) is 0.526. The number of hydrogen-bond acceptors (Lipinski definition) is 5. The maximum Gasteiger partial charge on any atom is 0.253 e. The molecule has 1 fully saturated rings. The Morgan fingerprint density at radius 3 is 2.68 bits per heavy atom. The molecule has 2 unspecified atom stereocenters. The molecule has 1 aromatic rings. The molecule has 0 aromatic heterocycles. The Hall–Kier alpha value is -1.73. The number of rotatable bonds is 4. The molecule has 2 N–H and O–H groups in total. The Morgan fingerprint density at radius 2 is 2.00 bits per heavy atom. The number of carbonyl (C=O) groups is 1. The fourth-order valence-electron chi connectivity index (χ4n) is 3.44. The van der Waals surface area contributed by atoms with E-state index in [1.807, 2.05) is 6.07 Å². The average molecular weight is 346 g/mol. The molecule has 1 amide bonds. The first kappa shape index (κ1) is 18.1. The highest BCUT2D eigenvalue weighted by molar-refractivity contribution is 5.95. The number of benzene rings is 1. The van der Waals surface area contributed by atoms with Crippen LogP contribution in [-0.2, 0) is 4.74 Å². The van der Waals surface area contributed by atoms with Crippen LogP contribution in [-0.4, -0.2) is 72.2 Å². The SMILES string of the molecule is CN(C)C(=O)c1cccc(C2=CC(O)N(CC3CCOCC3)C2O)c1. The molecule has 0 saturated carbocycles. The summed E-state index contributed by atoms with van der Waals surface area (Å²) in [7, 11) is 3.41. The van der Waals surface area contributed by atoms with Crippen LogP contribution in [0.3, 0.4) is 0 Å². The maximum absolute atomic E-state index is 12.2. The Morgan fingerprint density at radius 1 is 1.28 bits per heavy atom. The van der Waals surface area contributed by atoms with E-state index in [0.29, 0.717) is 23.6 Å². The van der Waals surface area contributed by atoms with Crippen molar-refractivity contribution in [3.63, 3.8) is 0 Å². The van der Waals surface area contributed by atoms with Gasteiger partial charge in [-0.2, -0.15) is 0 Å². The van der Waals surface area contributed by atoms with Crippen molar-refractivity contribution < 1.29 is 19.7 Å². The van der Waals surface area contributed by atoms with E-state index in [-0.39, 0.29) is 5.91 Å². The van der Waals surface area contributed by atoms with Crippen LogP contribution >= 0.6 is 0 Å². The van der Waals surface area contributed by atoms with Crippen molar-refractivity contribution in [2.45, 2.75) is 25.3 Å². The van der Waals surface area contributed by atoms with Gasteiger partial charge < -0.3 is 19.8 Å². The lowest BCUT2D eigenvalue weighted by atomic mass is 9.99. The number of aliphatic hydroxyl groups is 2. The van der Waals surface area contributed by atoms with Crippen LogP contribution in [0.4, 0.5) is 0 Å². The van der Waals surface area contributed by atoms with Crippen molar-refractivity contribution in [3.8, 4) is 0 Å². The number of ether oxygens (including phenoxy) is 1. The first-order valence-electron chi connectivity index (χ1n) is 8.71. The van der Waals surface area contributed by atoms with Crippen LogP contribution in [0.15, 0.2) is 30.3 Å². The van der Waals surface area contributed by atoms with Gasteiger partial charge >= 0.3 is 0 Å². The van der Waals surface area contributed by atoms with E-state index in [1.165, 1.54) is 4.90 Å². The highest BCUT2D eigenvalue weighted by atomic mass is 16.5. The third-order valence-electron chi connectivity index (χ3n) is 4.92. The summed E-state index contributed by atoms with van der Waals surface area (Å²) in [5, 5.41) is 21.1. The molecule has 2 aliphatic heterocycles. The topological polar surface area (TPSA) is 73.2 Å². The van der Waals surface area contributed by atoms with Gasteiger partial charge in [0.15, 0.2) is 0 Å². The van der Waals surface area contributed by atoms with Gasteiger partial charge in [0.05, 0.1) is 0 Å². The van der Waals surface area contributed by atoms with Crippen LogP contribution in [0.5, 0.6) is 0 Å². The monoisotopic (exact) mass is 346 g/mol. The predicted molar refractivity (Wildman–Crippen MR) is 94.7 cm³/mol. The van der Waals surface area contributed by atoms with Crippen molar-refractivity contribution in [1.29, 1.82) is 0 Å². The van der Waals surface area contributed by atoms with E-state index in [4.69, 9.17) is 4.74 Å². The summed E-state index contributed by atoms with van der Waals surface area (Å²) in [5.74, 6) is 0.321. The zero-order valence-corrected chi connectivity index (χ0v) is 14.8. The summed E-state index contributed by atoms with van der Waals surface area (Å²) in [5.41, 5.74) is 1.97. The lowest BCUT2D eigenvalue weighted by molar-refractivity contribution is -0.0558. The molecule has 136 valence electrons. The van der Waals surface area contributed by atoms with E-state index in [9.17, 15) is 15.0 Å². The molecular weight excluding hydrogens is 320 g/mol. The number of carbonyl (C=O) groups excluding carboxylic acids is 1. The summed E-state index contributed by atoms with van der Waals surface area (Å²) < 4.78 is 5.37. The summed E-state index contributed by atoms with van der Waals surface area (Å²) >= 11 is 0. The first-order chi connectivity index (χ1) is 12.0. The van der Waals surface area contributed by atoms with Crippen molar-refractivity contribution in [2.24, 2.45) is 5.92 Å². The second-order valence-corrected chi connectivity index (χ2v) is 6.94. The number of aliphatic hydroxyl groups excluding tert-OH is 2. The van der Waals surface area contributed by atoms with Gasteiger partial charge in [-0.25, -0.2) is 4.90 Å². The Kier molecular flexibility index (Phi) is 5.54. The fourth-order valence-corrected chi connectivity index (χ4v) is 3.44. The van der Waals surface area contributed by atoms with Crippen molar-refractivity contribution >= 4 is 11.5 Å². The third kappa shape index (κ3) is 3.93. The van der Waals surface area contributed by atoms with E-state index < -0.39 is 12.5 Å². The van der Waals surface area contributed by atoms with Gasteiger partial charge in [-0.3, -0.25) is 4.79 Å². The summed E-state index contributed by atoms with van der Waals surface area (Å²) in [6.07, 6.45) is 1.86. The van der Waals surface area contributed by atoms with Crippen LogP contribution in [0, 0.1) is 5.92 Å². The van der Waals surface area contributed by atoms with Crippen LogP contribution in [0.25, 0.3) is 5.57 Å². The minimum atomic E-state index is -0.873. The van der Waals surface area contributed by atoms with Gasteiger partial charge in [0.25, 0.3) is 5.91 Å². The molecule has 3 rings (SSSR count). The van der Waals surface area contributed by atoms with Crippen LogP contribution in [0.2, 0.25) is 0 Å². The third-order valence-corrected chi connectivity index (χ3v) is 4.92. The van der Waals surface area contributed by atoms with Gasteiger partial charge in [-0.15, -0.1) is 0 Å².